The second-order valence-corrected chi connectivity index (χ2v) is 3.61. The highest BCUT2D eigenvalue weighted by Gasteiger charge is 2.11. The summed E-state index contributed by atoms with van der Waals surface area (Å²) in [4.78, 5) is 33.6. The highest BCUT2D eigenvalue weighted by molar-refractivity contribution is 5.95. The van der Waals surface area contributed by atoms with Crippen LogP contribution < -0.4 is 10.6 Å². The van der Waals surface area contributed by atoms with Crippen LogP contribution in [0.4, 0.5) is 4.79 Å². The van der Waals surface area contributed by atoms with Crippen LogP contribution in [0.25, 0.3) is 0 Å². The van der Waals surface area contributed by atoms with E-state index in [-0.39, 0.29) is 13.2 Å². The van der Waals surface area contributed by atoms with E-state index in [9.17, 15) is 14.4 Å². The van der Waals surface area contributed by atoms with Gasteiger partial charge in [0.1, 0.15) is 12.4 Å². The van der Waals surface area contributed by atoms with Crippen molar-refractivity contribution in [2.75, 3.05) is 19.8 Å². The molecule has 0 saturated heterocycles. The van der Waals surface area contributed by atoms with Gasteiger partial charge in [-0.05, 0) is 19.1 Å². The Hall–Kier alpha value is -2.35. The second-order valence-electron chi connectivity index (χ2n) is 3.61. The van der Waals surface area contributed by atoms with E-state index in [1.165, 1.54) is 6.26 Å². The molecular weight excluding hydrogens is 268 g/mol. The highest BCUT2D eigenvalue weighted by atomic mass is 16.6. The van der Waals surface area contributed by atoms with Crippen molar-refractivity contribution in [1.29, 1.82) is 0 Å². The quantitative estimate of drug-likeness (QED) is 0.692. The predicted octanol–water partition coefficient (Wildman–Crippen LogP) is 0.185. The van der Waals surface area contributed by atoms with Gasteiger partial charge in [-0.15, -0.1) is 0 Å². The van der Waals surface area contributed by atoms with E-state index in [4.69, 9.17) is 9.15 Å². The van der Waals surface area contributed by atoms with Gasteiger partial charge in [-0.1, -0.05) is 0 Å². The number of hydrogen-bond donors (Lipinski definition) is 2. The lowest BCUT2D eigenvalue weighted by molar-refractivity contribution is -0.152. The highest BCUT2D eigenvalue weighted by Crippen LogP contribution is 1.97. The molecule has 0 spiro atoms. The molecular formula is C12H16N2O6. The maximum atomic E-state index is 11.3. The summed E-state index contributed by atoms with van der Waals surface area (Å²) in [5.74, 6) is -0.847. The summed E-state index contributed by atoms with van der Waals surface area (Å²) in [7, 11) is 0. The zero-order chi connectivity index (χ0) is 14.8. The minimum absolute atomic E-state index is 0.149. The smallest absolute Gasteiger partial charge is 0.332 e. The summed E-state index contributed by atoms with van der Waals surface area (Å²) in [6, 6.07) is 2.66. The van der Waals surface area contributed by atoms with Gasteiger partial charge in [0.25, 0.3) is 5.91 Å². The molecule has 1 aromatic heterocycles. The first-order chi connectivity index (χ1) is 9.61. The Labute approximate surface area is 115 Å². The third kappa shape index (κ3) is 6.55. The Kier molecular flexibility index (Phi) is 6.83. The number of hydrogen-bond acceptors (Lipinski definition) is 6. The number of rotatable bonds is 7. The van der Waals surface area contributed by atoms with Gasteiger partial charge in [0, 0.05) is 6.61 Å². The largest absolute Gasteiger partial charge is 0.467 e. The van der Waals surface area contributed by atoms with Gasteiger partial charge >= 0.3 is 12.0 Å². The number of imide groups is 1. The molecule has 1 aromatic rings. The van der Waals surface area contributed by atoms with Crippen molar-refractivity contribution in [3.05, 3.63) is 24.2 Å². The molecule has 1 rings (SSSR count). The molecule has 2 N–H and O–H groups in total. The molecule has 0 bridgehead atoms. The molecule has 0 aliphatic rings. The summed E-state index contributed by atoms with van der Waals surface area (Å²) >= 11 is 0. The average molecular weight is 284 g/mol. The monoisotopic (exact) mass is 284 g/mol. The molecule has 8 heteroatoms. The van der Waals surface area contributed by atoms with Crippen molar-refractivity contribution in [2.24, 2.45) is 0 Å². The summed E-state index contributed by atoms with van der Waals surface area (Å²) in [6.07, 6.45) is 1.47. The first-order valence-electron chi connectivity index (χ1n) is 5.95. The van der Waals surface area contributed by atoms with E-state index in [1.54, 1.807) is 19.1 Å². The molecule has 0 atom stereocenters. The number of ether oxygens (including phenoxy) is 2. The number of carbonyl (C=O) groups is 3. The van der Waals surface area contributed by atoms with Gasteiger partial charge in [-0.3, -0.25) is 10.1 Å². The minimum atomic E-state index is -0.730. The van der Waals surface area contributed by atoms with Gasteiger partial charge in [-0.2, -0.15) is 0 Å². The maximum absolute atomic E-state index is 11.3. The number of nitrogens with one attached hydrogen (secondary N) is 2. The molecule has 0 saturated carbocycles. The second kappa shape index (κ2) is 8.70. The molecule has 0 fully saturated rings. The van der Waals surface area contributed by atoms with Gasteiger partial charge in [0.15, 0.2) is 6.61 Å². The zero-order valence-electron chi connectivity index (χ0n) is 11.0. The molecule has 0 unspecified atom stereocenters. The van der Waals surface area contributed by atoms with Crippen molar-refractivity contribution in [3.63, 3.8) is 0 Å². The molecule has 0 aliphatic heterocycles. The Morgan fingerprint density at radius 2 is 2.10 bits per heavy atom. The van der Waals surface area contributed by atoms with Crippen molar-refractivity contribution in [1.82, 2.24) is 10.6 Å². The molecule has 0 aromatic carbocycles. The van der Waals surface area contributed by atoms with Crippen molar-refractivity contribution in [3.8, 4) is 0 Å². The maximum Gasteiger partial charge on any atom is 0.332 e. The van der Waals surface area contributed by atoms with E-state index in [0.29, 0.717) is 12.4 Å². The molecule has 0 aliphatic carbocycles. The fourth-order valence-electron chi connectivity index (χ4n) is 1.16. The number of carbonyl (C=O) groups excluding carboxylic acids is 3. The minimum Gasteiger partial charge on any atom is -0.467 e. The van der Waals surface area contributed by atoms with Crippen LogP contribution in [0.5, 0.6) is 0 Å². The van der Waals surface area contributed by atoms with Gasteiger partial charge in [0.2, 0.25) is 0 Å². The van der Waals surface area contributed by atoms with Crippen LogP contribution in [0.3, 0.4) is 0 Å². The predicted molar refractivity (Wildman–Crippen MR) is 66.5 cm³/mol. The Morgan fingerprint density at radius 3 is 2.75 bits per heavy atom. The molecule has 110 valence electrons. The van der Waals surface area contributed by atoms with Crippen LogP contribution in [0.1, 0.15) is 12.7 Å². The van der Waals surface area contributed by atoms with E-state index < -0.39 is 24.5 Å². The van der Waals surface area contributed by atoms with Gasteiger partial charge in [0.05, 0.1) is 12.8 Å². The topological polar surface area (TPSA) is 107 Å². The van der Waals surface area contributed by atoms with Gasteiger partial charge in [-0.25, -0.2) is 9.59 Å². The Balaban J connectivity index is 2.14. The molecule has 0 radical (unpaired) electrons. The fraction of sp³-hybridized carbons (Fsp3) is 0.417. The van der Waals surface area contributed by atoms with Gasteiger partial charge < -0.3 is 19.2 Å². The lowest BCUT2D eigenvalue weighted by Gasteiger charge is -2.06. The van der Waals surface area contributed by atoms with Crippen LogP contribution in [-0.2, 0) is 25.6 Å². The van der Waals surface area contributed by atoms with Crippen LogP contribution >= 0.6 is 0 Å². The summed E-state index contributed by atoms with van der Waals surface area (Å²) in [5, 5.41) is 4.41. The third-order valence-electron chi connectivity index (χ3n) is 2.04. The van der Waals surface area contributed by atoms with Crippen molar-refractivity contribution in [2.45, 2.75) is 13.5 Å². The first-order valence-corrected chi connectivity index (χ1v) is 5.95. The Bertz CT molecular complexity index is 443. The van der Waals surface area contributed by atoms with E-state index >= 15 is 0 Å². The first kappa shape index (κ1) is 15.7. The number of urea groups is 1. The van der Waals surface area contributed by atoms with Crippen LogP contribution in [-0.4, -0.2) is 37.7 Å². The summed E-state index contributed by atoms with van der Waals surface area (Å²) < 4.78 is 14.4. The van der Waals surface area contributed by atoms with Crippen LogP contribution in [0, 0.1) is 0 Å². The standard InChI is InChI=1S/C12H16N2O6/c1-2-18-8-11(16)20-7-10(15)14-12(17)13-6-9-4-3-5-19-9/h3-5H,2,6-8H2,1H3,(H2,13,14,15,17). The normalized spacial score (nSPS) is 9.85. The molecule has 1 heterocycles. The number of amides is 3. The zero-order valence-corrected chi connectivity index (χ0v) is 11.0. The lowest BCUT2D eigenvalue weighted by Crippen LogP contribution is -2.41. The number of furan rings is 1. The fourth-order valence-corrected chi connectivity index (χ4v) is 1.16. The van der Waals surface area contributed by atoms with E-state index in [1.807, 2.05) is 5.32 Å². The SMILES string of the molecule is CCOCC(=O)OCC(=O)NC(=O)NCc1ccco1. The van der Waals surface area contributed by atoms with E-state index in [2.05, 4.69) is 10.1 Å². The third-order valence-corrected chi connectivity index (χ3v) is 2.04. The Morgan fingerprint density at radius 1 is 1.30 bits per heavy atom. The van der Waals surface area contributed by atoms with Crippen molar-refractivity contribution < 1.29 is 28.3 Å². The molecule has 20 heavy (non-hydrogen) atoms. The lowest BCUT2D eigenvalue weighted by atomic mass is 10.4. The van der Waals surface area contributed by atoms with Crippen LogP contribution in [0.15, 0.2) is 22.8 Å². The molecule has 3 amide bonds. The summed E-state index contributed by atoms with van der Waals surface area (Å²) in [6.45, 7) is 1.48. The average Bonchev–Trinajstić information content (AvgIpc) is 2.94. The van der Waals surface area contributed by atoms with Crippen LogP contribution in [0.2, 0.25) is 0 Å². The number of esters is 1. The van der Waals surface area contributed by atoms with E-state index in [0.717, 1.165) is 0 Å². The van der Waals surface area contributed by atoms with Crippen molar-refractivity contribution >= 4 is 17.9 Å². The molecule has 8 nitrogen and oxygen atoms in total. The summed E-state index contributed by atoms with van der Waals surface area (Å²) in [5.41, 5.74) is 0.